The first-order chi connectivity index (χ1) is 8.19. The van der Waals surface area contributed by atoms with Crippen molar-refractivity contribution in [2.45, 2.75) is 19.3 Å². The largest absolute Gasteiger partial charge is 0.342 e. The van der Waals surface area contributed by atoms with Crippen LogP contribution in [-0.2, 0) is 11.2 Å². The van der Waals surface area contributed by atoms with Crippen molar-refractivity contribution in [3.8, 4) is 0 Å². The number of benzene rings is 1. The maximum Gasteiger partial charge on any atom is 0.226 e. The summed E-state index contributed by atoms with van der Waals surface area (Å²) in [5.74, 6) is -0.227. The molecule has 1 aliphatic rings. The number of rotatable bonds is 3. The van der Waals surface area contributed by atoms with Crippen LogP contribution in [0.5, 0.6) is 0 Å². The molecule has 1 heterocycles. The second-order valence-electron chi connectivity index (χ2n) is 4.36. The molecule has 90 valence electrons. The van der Waals surface area contributed by atoms with Gasteiger partial charge in [-0.25, -0.2) is 4.39 Å². The summed E-state index contributed by atoms with van der Waals surface area (Å²) in [6.07, 6.45) is 4.02. The van der Waals surface area contributed by atoms with Crippen LogP contribution in [0, 0.1) is 5.82 Å². The van der Waals surface area contributed by atoms with Gasteiger partial charge in [-0.3, -0.25) is 4.79 Å². The Hall–Kier alpha value is -1.64. The predicted molar refractivity (Wildman–Crippen MR) is 66.0 cm³/mol. The molecule has 2 rings (SSSR count). The van der Waals surface area contributed by atoms with Crippen LogP contribution in [-0.4, -0.2) is 23.9 Å². The highest BCUT2D eigenvalue weighted by atomic mass is 19.1. The minimum atomic E-state index is -0.313. The minimum absolute atomic E-state index is 0.0862. The minimum Gasteiger partial charge on any atom is -0.342 e. The molecule has 1 amide bonds. The van der Waals surface area contributed by atoms with E-state index in [2.05, 4.69) is 6.58 Å². The van der Waals surface area contributed by atoms with Crippen LogP contribution in [0.2, 0.25) is 0 Å². The van der Waals surface area contributed by atoms with E-state index in [1.807, 2.05) is 11.0 Å². The maximum atomic E-state index is 13.3. The molecule has 0 spiro atoms. The van der Waals surface area contributed by atoms with Crippen molar-refractivity contribution >= 4 is 12.0 Å². The Labute approximate surface area is 101 Å². The molecule has 1 aromatic rings. The SMILES string of the molecule is C=Cc1cc(F)cc(CC(=O)N2CCCC2)c1. The monoisotopic (exact) mass is 233 g/mol. The second kappa shape index (κ2) is 5.13. The van der Waals surface area contributed by atoms with E-state index in [0.29, 0.717) is 5.56 Å². The Morgan fingerprint density at radius 2 is 2.06 bits per heavy atom. The molecular formula is C14H16FNO. The zero-order valence-corrected chi connectivity index (χ0v) is 9.79. The van der Waals surface area contributed by atoms with Gasteiger partial charge in [-0.15, -0.1) is 0 Å². The number of nitrogens with zero attached hydrogens (tertiary/aromatic N) is 1. The van der Waals surface area contributed by atoms with Crippen molar-refractivity contribution in [1.82, 2.24) is 4.90 Å². The van der Waals surface area contributed by atoms with E-state index in [4.69, 9.17) is 0 Å². The molecule has 1 saturated heterocycles. The summed E-state index contributed by atoms with van der Waals surface area (Å²) in [6, 6.07) is 4.64. The second-order valence-corrected chi connectivity index (χ2v) is 4.36. The van der Waals surface area contributed by atoms with Gasteiger partial charge in [0.2, 0.25) is 5.91 Å². The molecule has 2 nitrogen and oxygen atoms in total. The fourth-order valence-corrected chi connectivity index (χ4v) is 2.15. The first-order valence-electron chi connectivity index (χ1n) is 5.89. The van der Waals surface area contributed by atoms with Crippen molar-refractivity contribution in [1.29, 1.82) is 0 Å². The molecule has 17 heavy (non-hydrogen) atoms. The third-order valence-corrected chi connectivity index (χ3v) is 3.03. The highest BCUT2D eigenvalue weighted by molar-refractivity contribution is 5.79. The zero-order chi connectivity index (χ0) is 12.3. The fourth-order valence-electron chi connectivity index (χ4n) is 2.15. The Balaban J connectivity index is 2.09. The summed E-state index contributed by atoms with van der Waals surface area (Å²) in [7, 11) is 0. The first-order valence-corrected chi connectivity index (χ1v) is 5.89. The van der Waals surface area contributed by atoms with Crippen molar-refractivity contribution in [2.75, 3.05) is 13.1 Å². The molecule has 0 aliphatic carbocycles. The number of likely N-dealkylation sites (tertiary alicyclic amines) is 1. The summed E-state index contributed by atoms with van der Waals surface area (Å²) in [6.45, 7) is 5.28. The van der Waals surface area contributed by atoms with Gasteiger partial charge >= 0.3 is 0 Å². The van der Waals surface area contributed by atoms with E-state index in [0.717, 1.165) is 31.5 Å². The van der Waals surface area contributed by atoms with E-state index in [9.17, 15) is 9.18 Å². The first kappa shape index (κ1) is 11.8. The number of carbonyl (C=O) groups excluding carboxylic acids is 1. The zero-order valence-electron chi connectivity index (χ0n) is 9.79. The lowest BCUT2D eigenvalue weighted by Gasteiger charge is -2.15. The molecule has 0 atom stereocenters. The fraction of sp³-hybridized carbons (Fsp3) is 0.357. The average Bonchev–Trinajstić information content (AvgIpc) is 2.81. The average molecular weight is 233 g/mol. The van der Waals surface area contributed by atoms with E-state index in [1.54, 1.807) is 6.08 Å². The normalized spacial score (nSPS) is 15.0. The lowest BCUT2D eigenvalue weighted by molar-refractivity contribution is -0.129. The number of hydrogen-bond acceptors (Lipinski definition) is 1. The highest BCUT2D eigenvalue weighted by Crippen LogP contribution is 2.14. The quantitative estimate of drug-likeness (QED) is 0.786. The van der Waals surface area contributed by atoms with E-state index >= 15 is 0 Å². The van der Waals surface area contributed by atoms with Crippen molar-refractivity contribution in [3.63, 3.8) is 0 Å². The van der Waals surface area contributed by atoms with Crippen molar-refractivity contribution in [3.05, 3.63) is 41.7 Å². The van der Waals surface area contributed by atoms with Gasteiger partial charge in [-0.1, -0.05) is 18.7 Å². The molecule has 3 heteroatoms. The molecule has 0 N–H and O–H groups in total. The molecule has 0 radical (unpaired) electrons. The molecule has 1 aliphatic heterocycles. The van der Waals surface area contributed by atoms with Crippen LogP contribution in [0.1, 0.15) is 24.0 Å². The summed E-state index contributed by atoms with van der Waals surface area (Å²) in [5.41, 5.74) is 1.44. The third kappa shape index (κ3) is 2.93. The van der Waals surface area contributed by atoms with Gasteiger partial charge in [0.1, 0.15) is 5.82 Å². The number of halogens is 1. The van der Waals surface area contributed by atoms with Crippen LogP contribution in [0.3, 0.4) is 0 Å². The smallest absolute Gasteiger partial charge is 0.226 e. The van der Waals surface area contributed by atoms with Gasteiger partial charge in [0.15, 0.2) is 0 Å². The van der Waals surface area contributed by atoms with Crippen molar-refractivity contribution < 1.29 is 9.18 Å². The topological polar surface area (TPSA) is 20.3 Å². The van der Waals surface area contributed by atoms with Crippen LogP contribution in [0.4, 0.5) is 4.39 Å². The van der Waals surface area contributed by atoms with Gasteiger partial charge in [0, 0.05) is 13.1 Å². The molecule has 1 fully saturated rings. The standard InChI is InChI=1S/C14H16FNO/c1-2-11-7-12(9-13(15)8-11)10-14(17)16-5-3-4-6-16/h2,7-9H,1,3-6,10H2. The molecule has 0 aromatic heterocycles. The maximum absolute atomic E-state index is 13.3. The number of amides is 1. The summed E-state index contributed by atoms with van der Waals surface area (Å²) in [4.78, 5) is 13.7. The van der Waals surface area contributed by atoms with Crippen LogP contribution in [0.25, 0.3) is 6.08 Å². The number of hydrogen-bond donors (Lipinski definition) is 0. The highest BCUT2D eigenvalue weighted by Gasteiger charge is 2.18. The van der Waals surface area contributed by atoms with E-state index in [-0.39, 0.29) is 18.1 Å². The van der Waals surface area contributed by atoms with Gasteiger partial charge in [0.25, 0.3) is 0 Å². The number of carbonyl (C=O) groups is 1. The molecule has 0 unspecified atom stereocenters. The summed E-state index contributed by atoms with van der Waals surface area (Å²) >= 11 is 0. The van der Waals surface area contributed by atoms with Gasteiger partial charge in [-0.05, 0) is 36.1 Å². The van der Waals surface area contributed by atoms with Crippen LogP contribution >= 0.6 is 0 Å². The van der Waals surface area contributed by atoms with Crippen molar-refractivity contribution in [2.24, 2.45) is 0 Å². The van der Waals surface area contributed by atoms with Crippen LogP contribution in [0.15, 0.2) is 24.8 Å². The lowest BCUT2D eigenvalue weighted by atomic mass is 10.1. The molecular weight excluding hydrogens is 217 g/mol. The lowest BCUT2D eigenvalue weighted by Crippen LogP contribution is -2.29. The molecule has 0 saturated carbocycles. The summed E-state index contributed by atoms with van der Waals surface area (Å²) in [5, 5.41) is 0. The van der Waals surface area contributed by atoms with E-state index < -0.39 is 0 Å². The predicted octanol–water partition coefficient (Wildman–Crippen LogP) is 2.63. The van der Waals surface area contributed by atoms with Gasteiger partial charge < -0.3 is 4.90 Å². The van der Waals surface area contributed by atoms with Crippen LogP contribution < -0.4 is 0 Å². The Kier molecular flexibility index (Phi) is 3.57. The van der Waals surface area contributed by atoms with E-state index in [1.165, 1.54) is 12.1 Å². The summed E-state index contributed by atoms with van der Waals surface area (Å²) < 4.78 is 13.3. The van der Waals surface area contributed by atoms with Gasteiger partial charge in [0.05, 0.1) is 6.42 Å². The Morgan fingerprint density at radius 1 is 1.35 bits per heavy atom. The molecule has 1 aromatic carbocycles. The molecule has 0 bridgehead atoms. The van der Waals surface area contributed by atoms with Gasteiger partial charge in [-0.2, -0.15) is 0 Å². The third-order valence-electron chi connectivity index (χ3n) is 3.03. The Bertz CT molecular complexity index is 436. The Morgan fingerprint density at radius 3 is 2.71 bits per heavy atom.